The normalized spacial score (nSPS) is 16.7. The molecule has 0 radical (unpaired) electrons. The third-order valence-electron chi connectivity index (χ3n) is 11.4. The van der Waals surface area contributed by atoms with Crippen molar-refractivity contribution in [3.05, 3.63) is 155 Å². The molecule has 2 saturated heterocycles. The summed E-state index contributed by atoms with van der Waals surface area (Å²) in [7, 11) is 3.05. The van der Waals surface area contributed by atoms with E-state index in [0.29, 0.717) is 35.9 Å². The van der Waals surface area contributed by atoms with E-state index in [1.165, 1.54) is 14.1 Å². The molecule has 2 fully saturated rings. The molecule has 0 bridgehead atoms. The maximum Gasteiger partial charge on any atom is 0.315 e. The van der Waals surface area contributed by atoms with Crippen LogP contribution >= 0.6 is 0 Å². The van der Waals surface area contributed by atoms with Gasteiger partial charge in [0, 0.05) is 38.3 Å². The van der Waals surface area contributed by atoms with Gasteiger partial charge in [-0.05, 0) is 72.2 Å². The van der Waals surface area contributed by atoms with Gasteiger partial charge in [0.25, 0.3) is 0 Å². The van der Waals surface area contributed by atoms with Crippen molar-refractivity contribution >= 4 is 23.9 Å². The molecule has 8 rings (SSSR count). The molecule has 14 nitrogen and oxygen atoms in total. The Morgan fingerprint density at radius 1 is 0.581 bits per heavy atom. The molecule has 4 atom stereocenters. The van der Waals surface area contributed by atoms with Gasteiger partial charge in [-0.1, -0.05) is 96.8 Å². The number of hydrogen-bond acceptors (Lipinski definition) is 6. The quantitative estimate of drug-likeness (QED) is 0.0855. The van der Waals surface area contributed by atoms with Crippen LogP contribution in [0.5, 0.6) is 0 Å². The lowest BCUT2D eigenvalue weighted by Gasteiger charge is -2.28. The largest absolute Gasteiger partial charge is 0.341 e. The van der Waals surface area contributed by atoms with E-state index in [2.05, 4.69) is 53.0 Å². The summed E-state index contributed by atoms with van der Waals surface area (Å²) in [5.74, 6) is 7.57. The number of aromatic nitrogens is 4. The van der Waals surface area contributed by atoms with E-state index in [1.807, 2.05) is 109 Å². The molecule has 14 heteroatoms. The monoisotopic (exact) mass is 828 g/mol. The van der Waals surface area contributed by atoms with Crippen molar-refractivity contribution in [2.75, 3.05) is 27.2 Å². The van der Waals surface area contributed by atoms with Gasteiger partial charge >= 0.3 is 12.1 Å². The highest BCUT2D eigenvalue weighted by molar-refractivity contribution is 5.89. The zero-order valence-corrected chi connectivity index (χ0v) is 34.5. The number of H-pyrrole nitrogens is 2. The molecule has 2 aliphatic rings. The van der Waals surface area contributed by atoms with Crippen LogP contribution in [0.25, 0.3) is 22.5 Å². The third kappa shape index (κ3) is 9.07. The summed E-state index contributed by atoms with van der Waals surface area (Å²) in [6.07, 6.45) is 6.75. The van der Waals surface area contributed by atoms with Crippen LogP contribution < -0.4 is 21.3 Å². The fraction of sp³-hybridized carbons (Fsp3) is 0.250. The SMILES string of the molecule is CNC(=O)N[C@@H](C(=O)N1CCC[C@H]1c1ncc(-c2ccc(C#Cc3ccc(-c4cnc([C@@H]5CCCN5C(=O)[C@H](NC(=O)NC)c5ccccc5)[nH]4)cc3)cc2)[nH]1)c1ccccc1. The zero-order valence-electron chi connectivity index (χ0n) is 34.5. The van der Waals surface area contributed by atoms with Gasteiger partial charge in [-0.3, -0.25) is 9.59 Å². The minimum absolute atomic E-state index is 0.179. The average molecular weight is 829 g/mol. The molecule has 2 aromatic heterocycles. The van der Waals surface area contributed by atoms with Crippen LogP contribution in [-0.2, 0) is 9.59 Å². The number of nitrogens with zero attached hydrogens (tertiary/aromatic N) is 4. The van der Waals surface area contributed by atoms with E-state index >= 15 is 0 Å². The van der Waals surface area contributed by atoms with Crippen LogP contribution in [0.3, 0.4) is 0 Å². The summed E-state index contributed by atoms with van der Waals surface area (Å²) in [6.45, 7) is 1.14. The molecular formula is C48H48N10O4. The first-order valence-electron chi connectivity index (χ1n) is 20.8. The predicted molar refractivity (Wildman–Crippen MR) is 235 cm³/mol. The number of aromatic amines is 2. The predicted octanol–water partition coefficient (Wildman–Crippen LogP) is 6.53. The first-order valence-corrected chi connectivity index (χ1v) is 20.8. The number of nitrogens with one attached hydrogen (secondary N) is 6. The van der Waals surface area contributed by atoms with Gasteiger partial charge in [0.05, 0.1) is 35.9 Å². The molecule has 2 aliphatic heterocycles. The highest BCUT2D eigenvalue weighted by atomic mass is 16.2. The topological polar surface area (TPSA) is 180 Å². The zero-order chi connectivity index (χ0) is 43.0. The van der Waals surface area contributed by atoms with Crippen molar-refractivity contribution in [1.82, 2.24) is 51.0 Å². The molecule has 0 saturated carbocycles. The maximum absolute atomic E-state index is 13.9. The first kappa shape index (κ1) is 41.1. The van der Waals surface area contributed by atoms with Crippen LogP contribution in [0, 0.1) is 11.8 Å². The third-order valence-corrected chi connectivity index (χ3v) is 11.4. The summed E-state index contributed by atoms with van der Waals surface area (Å²) < 4.78 is 0. The van der Waals surface area contributed by atoms with Gasteiger partial charge in [-0.2, -0.15) is 0 Å². The van der Waals surface area contributed by atoms with E-state index in [-0.39, 0.29) is 23.9 Å². The van der Waals surface area contributed by atoms with Gasteiger partial charge in [0.1, 0.15) is 23.7 Å². The Morgan fingerprint density at radius 3 is 1.34 bits per heavy atom. The van der Waals surface area contributed by atoms with E-state index in [0.717, 1.165) is 59.3 Å². The molecule has 6 amide bonds. The Kier molecular flexibility index (Phi) is 12.4. The number of hydrogen-bond donors (Lipinski definition) is 6. The number of imidazole rings is 2. The van der Waals surface area contributed by atoms with Crippen LogP contribution in [0.2, 0.25) is 0 Å². The standard InChI is InChI=1S/C48H48N10O4/c1-49-47(61)55-41(35-11-5-3-6-12-35)45(59)57-27-9-15-39(57)43-51-29-37(53-43)33-23-19-31(20-24-33)17-18-32-21-25-34(26-22-32)38-30-52-44(54-38)40-16-10-28-58(40)46(60)42(56-48(62)50-2)36-13-7-4-8-14-36/h3-8,11-14,19-26,29-30,39-42H,9-10,15-16,27-28H2,1-2H3,(H,51,53)(H,52,54)(H2,49,55,61)(H2,50,56,62)/t39-,40-,41+,42+/m0/s1. The van der Waals surface area contributed by atoms with E-state index in [1.54, 1.807) is 22.2 Å². The average Bonchev–Trinajstić information content (AvgIpc) is 4.17. The molecule has 314 valence electrons. The molecule has 0 spiro atoms. The minimum atomic E-state index is -0.822. The van der Waals surface area contributed by atoms with Crippen molar-refractivity contribution in [3.8, 4) is 34.4 Å². The number of benzene rings is 4. The summed E-state index contributed by atoms with van der Waals surface area (Å²) in [5.41, 5.74) is 6.70. The molecule has 4 heterocycles. The highest BCUT2D eigenvalue weighted by Gasteiger charge is 2.38. The molecule has 4 aromatic carbocycles. The Balaban J connectivity index is 0.901. The minimum Gasteiger partial charge on any atom is -0.341 e. The molecular weight excluding hydrogens is 781 g/mol. The molecule has 0 aliphatic carbocycles. The van der Waals surface area contributed by atoms with Crippen LogP contribution in [0.1, 0.15) is 83.8 Å². The van der Waals surface area contributed by atoms with Gasteiger partial charge in [-0.15, -0.1) is 0 Å². The summed E-state index contributed by atoms with van der Waals surface area (Å²) in [5, 5.41) is 10.7. The lowest BCUT2D eigenvalue weighted by atomic mass is 10.0. The van der Waals surface area contributed by atoms with E-state index < -0.39 is 24.1 Å². The lowest BCUT2D eigenvalue weighted by molar-refractivity contribution is -0.135. The second kappa shape index (κ2) is 18.7. The van der Waals surface area contributed by atoms with Crippen molar-refractivity contribution in [2.45, 2.75) is 49.9 Å². The number of rotatable bonds is 10. The number of likely N-dealkylation sites (tertiary alicyclic amines) is 2. The number of urea groups is 2. The second-order valence-electron chi connectivity index (χ2n) is 15.3. The Morgan fingerprint density at radius 2 is 0.968 bits per heavy atom. The van der Waals surface area contributed by atoms with Crippen LogP contribution in [-0.4, -0.2) is 80.8 Å². The smallest absolute Gasteiger partial charge is 0.315 e. The maximum atomic E-state index is 13.9. The molecule has 6 aromatic rings. The first-order chi connectivity index (χ1) is 30.3. The van der Waals surface area contributed by atoms with Gasteiger partial charge < -0.3 is 41.0 Å². The molecule has 62 heavy (non-hydrogen) atoms. The van der Waals surface area contributed by atoms with Gasteiger partial charge in [0.15, 0.2) is 0 Å². The Labute approximate surface area is 359 Å². The van der Waals surface area contributed by atoms with Gasteiger partial charge in [0.2, 0.25) is 11.8 Å². The fourth-order valence-electron chi connectivity index (χ4n) is 8.15. The van der Waals surface area contributed by atoms with Crippen LogP contribution in [0.4, 0.5) is 9.59 Å². The van der Waals surface area contributed by atoms with E-state index in [4.69, 9.17) is 0 Å². The van der Waals surface area contributed by atoms with E-state index in [9.17, 15) is 19.2 Å². The summed E-state index contributed by atoms with van der Waals surface area (Å²) in [4.78, 5) is 72.3. The number of carbonyl (C=O) groups is 4. The van der Waals surface area contributed by atoms with Crippen LogP contribution in [0.15, 0.2) is 122 Å². The summed E-state index contributed by atoms with van der Waals surface area (Å²) in [6, 6.07) is 31.4. The Hall–Kier alpha value is -7.66. The van der Waals surface area contributed by atoms with Crippen molar-refractivity contribution < 1.29 is 19.2 Å². The fourth-order valence-corrected chi connectivity index (χ4v) is 8.15. The Bertz CT molecular complexity index is 2400. The second-order valence-corrected chi connectivity index (χ2v) is 15.3. The van der Waals surface area contributed by atoms with Gasteiger partial charge in [-0.25, -0.2) is 19.6 Å². The molecule has 0 unspecified atom stereocenters. The lowest BCUT2D eigenvalue weighted by Crippen LogP contribution is -2.45. The summed E-state index contributed by atoms with van der Waals surface area (Å²) >= 11 is 0. The van der Waals surface area contributed by atoms with Crippen molar-refractivity contribution in [3.63, 3.8) is 0 Å². The molecule has 6 N–H and O–H groups in total. The highest BCUT2D eigenvalue weighted by Crippen LogP contribution is 2.35. The number of carbonyl (C=O) groups excluding carboxylic acids is 4. The van der Waals surface area contributed by atoms with Crippen molar-refractivity contribution in [2.24, 2.45) is 0 Å². The number of amides is 6. The van der Waals surface area contributed by atoms with Crippen molar-refractivity contribution in [1.29, 1.82) is 0 Å².